The summed E-state index contributed by atoms with van der Waals surface area (Å²) in [6.45, 7) is 1.84. The molecule has 0 saturated carbocycles. The molecule has 0 atom stereocenters. The molecule has 2 N–H and O–H groups in total. The van der Waals surface area contributed by atoms with Gasteiger partial charge in [-0.05, 0) is 13.0 Å². The molecule has 0 aromatic rings. The van der Waals surface area contributed by atoms with Crippen LogP contribution >= 0.6 is 0 Å². The Bertz CT molecular complexity index is 211. The van der Waals surface area contributed by atoms with E-state index < -0.39 is 11.7 Å². The van der Waals surface area contributed by atoms with Crippen LogP contribution in [0.2, 0.25) is 0 Å². The van der Waals surface area contributed by atoms with E-state index in [1.165, 1.54) is 6.08 Å². The van der Waals surface area contributed by atoms with Crippen molar-refractivity contribution in [3.8, 4) is 0 Å². The van der Waals surface area contributed by atoms with Gasteiger partial charge in [0.1, 0.15) is 0 Å². The highest BCUT2D eigenvalue weighted by Gasteiger charge is 1.98. The van der Waals surface area contributed by atoms with Crippen molar-refractivity contribution in [3.05, 3.63) is 36.1 Å². The monoisotopic (exact) mass is 154 g/mol. The third kappa shape index (κ3) is 4.96. The summed E-state index contributed by atoms with van der Waals surface area (Å²) in [6, 6.07) is 0. The summed E-state index contributed by atoms with van der Waals surface area (Å²) in [7, 11) is 0. The van der Waals surface area contributed by atoms with Gasteiger partial charge in [0.15, 0.2) is 0 Å². The SMILES string of the molecule is CC=CC=CC=C(O)C(=O)O. The molecule has 0 fully saturated rings. The van der Waals surface area contributed by atoms with Crippen LogP contribution in [-0.2, 0) is 4.79 Å². The highest BCUT2D eigenvalue weighted by Crippen LogP contribution is 1.88. The van der Waals surface area contributed by atoms with Crippen molar-refractivity contribution in [2.45, 2.75) is 6.92 Å². The lowest BCUT2D eigenvalue weighted by Gasteiger charge is -1.85. The number of aliphatic hydroxyl groups excluding tert-OH is 1. The number of rotatable bonds is 3. The second-order valence-corrected chi connectivity index (χ2v) is 1.77. The van der Waals surface area contributed by atoms with Crippen molar-refractivity contribution < 1.29 is 15.0 Å². The summed E-state index contributed by atoms with van der Waals surface area (Å²) in [5.41, 5.74) is 0. The van der Waals surface area contributed by atoms with Gasteiger partial charge < -0.3 is 10.2 Å². The van der Waals surface area contributed by atoms with Gasteiger partial charge in [0.25, 0.3) is 0 Å². The first-order chi connectivity index (χ1) is 5.18. The van der Waals surface area contributed by atoms with Crippen molar-refractivity contribution in [2.24, 2.45) is 0 Å². The minimum Gasteiger partial charge on any atom is -0.502 e. The molecule has 0 radical (unpaired) electrons. The summed E-state index contributed by atoms with van der Waals surface area (Å²) < 4.78 is 0. The van der Waals surface area contributed by atoms with Crippen LogP contribution in [-0.4, -0.2) is 16.2 Å². The normalized spacial score (nSPS) is 13.0. The molecule has 0 saturated heterocycles. The second kappa shape index (κ2) is 5.29. The van der Waals surface area contributed by atoms with Gasteiger partial charge in [-0.2, -0.15) is 0 Å². The smallest absolute Gasteiger partial charge is 0.370 e. The Labute approximate surface area is 65.0 Å². The maximum Gasteiger partial charge on any atom is 0.370 e. The minimum absolute atomic E-state index is 0.661. The zero-order chi connectivity index (χ0) is 8.69. The number of aliphatic hydroxyl groups is 1. The van der Waals surface area contributed by atoms with E-state index in [1.54, 1.807) is 18.2 Å². The predicted molar refractivity (Wildman–Crippen MR) is 42.3 cm³/mol. The standard InChI is InChI=1S/C8H10O3/c1-2-3-4-5-6-7(9)8(10)11/h2-6,9H,1H3,(H,10,11). The fourth-order valence-electron chi connectivity index (χ4n) is 0.393. The second-order valence-electron chi connectivity index (χ2n) is 1.77. The maximum absolute atomic E-state index is 9.99. The van der Waals surface area contributed by atoms with Crippen LogP contribution in [0.15, 0.2) is 36.1 Å². The third-order valence-electron chi connectivity index (χ3n) is 0.888. The molecular weight excluding hydrogens is 144 g/mol. The molecule has 0 aliphatic heterocycles. The zero-order valence-electron chi connectivity index (χ0n) is 6.19. The zero-order valence-corrected chi connectivity index (χ0v) is 6.19. The number of hydrogen-bond acceptors (Lipinski definition) is 2. The summed E-state index contributed by atoms with van der Waals surface area (Å²) in [6.07, 6.45) is 7.71. The Morgan fingerprint density at radius 1 is 1.18 bits per heavy atom. The molecule has 0 rings (SSSR count). The lowest BCUT2D eigenvalue weighted by Crippen LogP contribution is -1.97. The average molecular weight is 154 g/mol. The molecule has 0 amide bonds. The Kier molecular flexibility index (Phi) is 4.56. The number of aliphatic carboxylic acids is 1. The van der Waals surface area contributed by atoms with Gasteiger partial charge in [-0.25, -0.2) is 4.79 Å². The fourth-order valence-corrected chi connectivity index (χ4v) is 0.393. The molecule has 3 heteroatoms. The maximum atomic E-state index is 9.99. The van der Waals surface area contributed by atoms with Crippen molar-refractivity contribution >= 4 is 5.97 Å². The largest absolute Gasteiger partial charge is 0.502 e. The summed E-state index contributed by atoms with van der Waals surface area (Å²) >= 11 is 0. The first-order valence-corrected chi connectivity index (χ1v) is 3.10. The molecule has 11 heavy (non-hydrogen) atoms. The van der Waals surface area contributed by atoms with E-state index >= 15 is 0 Å². The van der Waals surface area contributed by atoms with Gasteiger partial charge >= 0.3 is 5.97 Å². The fraction of sp³-hybridized carbons (Fsp3) is 0.125. The number of carboxylic acids is 1. The predicted octanol–water partition coefficient (Wildman–Crippen LogP) is 1.65. The van der Waals surface area contributed by atoms with Crippen LogP contribution < -0.4 is 0 Å². The van der Waals surface area contributed by atoms with Crippen LogP contribution in [0.4, 0.5) is 0 Å². The molecule has 0 aromatic heterocycles. The summed E-state index contributed by atoms with van der Waals surface area (Å²) in [5.74, 6) is -1.99. The van der Waals surface area contributed by atoms with Gasteiger partial charge in [-0.15, -0.1) is 0 Å². The Morgan fingerprint density at radius 2 is 1.82 bits per heavy atom. The molecule has 60 valence electrons. The molecular formula is C8H10O3. The van der Waals surface area contributed by atoms with Crippen molar-refractivity contribution in [1.29, 1.82) is 0 Å². The van der Waals surface area contributed by atoms with Crippen LogP contribution in [0.25, 0.3) is 0 Å². The molecule has 0 spiro atoms. The molecule has 0 aliphatic rings. The quantitative estimate of drug-likeness (QED) is 0.369. The van der Waals surface area contributed by atoms with Gasteiger partial charge in [-0.1, -0.05) is 24.3 Å². The van der Waals surface area contributed by atoms with Crippen molar-refractivity contribution in [3.63, 3.8) is 0 Å². The lowest BCUT2D eigenvalue weighted by atomic mass is 10.4. The van der Waals surface area contributed by atoms with Gasteiger partial charge in [0.2, 0.25) is 5.76 Å². The number of carbonyl (C=O) groups is 1. The van der Waals surface area contributed by atoms with Gasteiger partial charge in [0.05, 0.1) is 0 Å². The molecule has 0 aromatic carbocycles. The number of carboxylic acid groups (broad SMARTS) is 1. The van der Waals surface area contributed by atoms with Gasteiger partial charge in [-0.3, -0.25) is 0 Å². The number of allylic oxidation sites excluding steroid dienone is 5. The van der Waals surface area contributed by atoms with Crippen molar-refractivity contribution in [2.75, 3.05) is 0 Å². The van der Waals surface area contributed by atoms with E-state index in [2.05, 4.69) is 0 Å². The average Bonchev–Trinajstić information content (AvgIpc) is 1.97. The van der Waals surface area contributed by atoms with Crippen LogP contribution in [0.5, 0.6) is 0 Å². The van der Waals surface area contributed by atoms with E-state index in [0.717, 1.165) is 6.08 Å². The van der Waals surface area contributed by atoms with E-state index in [9.17, 15) is 4.79 Å². The minimum atomic E-state index is -1.32. The van der Waals surface area contributed by atoms with Crippen LogP contribution in [0, 0.1) is 0 Å². The van der Waals surface area contributed by atoms with E-state index in [0.29, 0.717) is 0 Å². The van der Waals surface area contributed by atoms with Crippen molar-refractivity contribution in [1.82, 2.24) is 0 Å². The van der Waals surface area contributed by atoms with Gasteiger partial charge in [0, 0.05) is 0 Å². The molecule has 0 unspecified atom stereocenters. The Balaban J connectivity index is 4.01. The highest BCUT2D eigenvalue weighted by molar-refractivity contribution is 5.83. The first kappa shape index (κ1) is 9.49. The molecule has 3 nitrogen and oxygen atoms in total. The lowest BCUT2D eigenvalue weighted by molar-refractivity contribution is -0.135. The molecule has 0 aliphatic carbocycles. The topological polar surface area (TPSA) is 57.5 Å². The van der Waals surface area contributed by atoms with Crippen LogP contribution in [0.3, 0.4) is 0 Å². The third-order valence-corrected chi connectivity index (χ3v) is 0.888. The molecule has 0 heterocycles. The Morgan fingerprint density at radius 3 is 2.27 bits per heavy atom. The number of hydrogen-bond donors (Lipinski definition) is 2. The van der Waals surface area contributed by atoms with E-state index in [-0.39, 0.29) is 0 Å². The summed E-state index contributed by atoms with van der Waals surface area (Å²) in [5, 5.41) is 16.8. The first-order valence-electron chi connectivity index (χ1n) is 3.10. The Hall–Kier alpha value is -1.51. The molecule has 0 bridgehead atoms. The van der Waals surface area contributed by atoms with E-state index in [1.807, 2.05) is 6.92 Å². The van der Waals surface area contributed by atoms with Crippen LogP contribution in [0.1, 0.15) is 6.92 Å². The van der Waals surface area contributed by atoms with E-state index in [4.69, 9.17) is 10.2 Å². The summed E-state index contributed by atoms with van der Waals surface area (Å²) in [4.78, 5) is 9.99. The highest BCUT2D eigenvalue weighted by atomic mass is 16.4.